The van der Waals surface area contributed by atoms with Crippen molar-refractivity contribution in [1.82, 2.24) is 14.8 Å². The average molecular weight is 310 g/mol. The van der Waals surface area contributed by atoms with Crippen molar-refractivity contribution in [2.45, 2.75) is 33.7 Å². The molecule has 0 aromatic carbocycles. The van der Waals surface area contributed by atoms with Crippen LogP contribution in [0.15, 0.2) is 0 Å². The summed E-state index contributed by atoms with van der Waals surface area (Å²) in [5, 5.41) is 3.39. The minimum Gasteiger partial charge on any atom is -0.342 e. The van der Waals surface area contributed by atoms with Gasteiger partial charge in [-0.15, -0.1) is 11.3 Å². The molecule has 1 aromatic heterocycles. The predicted octanol–water partition coefficient (Wildman–Crippen LogP) is 1.33. The van der Waals surface area contributed by atoms with Crippen LogP contribution in [0, 0.1) is 0 Å². The van der Waals surface area contributed by atoms with Crippen LogP contribution in [-0.4, -0.2) is 52.8 Å². The van der Waals surface area contributed by atoms with Gasteiger partial charge in [-0.05, 0) is 13.8 Å². The van der Waals surface area contributed by atoms with Gasteiger partial charge in [0.15, 0.2) is 5.13 Å². The maximum absolute atomic E-state index is 12.2. The van der Waals surface area contributed by atoms with E-state index in [9.17, 15) is 9.59 Å². The number of nitrogens with one attached hydrogen (secondary N) is 1. The van der Waals surface area contributed by atoms with Crippen molar-refractivity contribution < 1.29 is 9.59 Å². The monoisotopic (exact) mass is 310 g/mol. The first kappa shape index (κ1) is 15.9. The first-order valence-electron chi connectivity index (χ1n) is 7.29. The normalized spacial score (nSPS) is 14.6. The molecule has 0 spiro atoms. The number of anilines is 1. The fraction of sp³-hybridized carbons (Fsp3) is 0.643. The van der Waals surface area contributed by atoms with E-state index in [0.717, 1.165) is 43.2 Å². The molecule has 2 heterocycles. The molecule has 0 atom stereocenters. The molecule has 0 saturated carbocycles. The molecule has 116 valence electrons. The molecular formula is C14H22N4O2S. The van der Waals surface area contributed by atoms with Gasteiger partial charge >= 0.3 is 0 Å². The van der Waals surface area contributed by atoms with E-state index in [4.69, 9.17) is 0 Å². The molecule has 7 heteroatoms. The van der Waals surface area contributed by atoms with Gasteiger partial charge < -0.3 is 10.2 Å². The Bertz CT molecular complexity index is 525. The van der Waals surface area contributed by atoms with Crippen LogP contribution in [-0.2, 0) is 22.6 Å². The molecule has 2 amide bonds. The second-order valence-corrected chi connectivity index (χ2v) is 6.18. The summed E-state index contributed by atoms with van der Waals surface area (Å²) in [5.74, 6) is 0.0738. The Morgan fingerprint density at radius 2 is 2.10 bits per heavy atom. The van der Waals surface area contributed by atoms with E-state index in [1.165, 1.54) is 18.3 Å². The highest BCUT2D eigenvalue weighted by Crippen LogP contribution is 2.28. The quantitative estimate of drug-likeness (QED) is 0.891. The molecule has 0 aliphatic carbocycles. The largest absolute Gasteiger partial charge is 0.342 e. The maximum atomic E-state index is 12.2. The van der Waals surface area contributed by atoms with Crippen molar-refractivity contribution in [3.05, 3.63) is 10.6 Å². The Balaban J connectivity index is 1.97. The zero-order chi connectivity index (χ0) is 15.4. The van der Waals surface area contributed by atoms with Gasteiger partial charge in [-0.1, -0.05) is 0 Å². The lowest BCUT2D eigenvalue weighted by atomic mass is 10.2. The molecule has 0 fully saturated rings. The van der Waals surface area contributed by atoms with Crippen LogP contribution in [0.2, 0.25) is 0 Å². The number of thiazole rings is 1. The third kappa shape index (κ3) is 4.01. The van der Waals surface area contributed by atoms with Crippen LogP contribution in [0.1, 0.15) is 31.3 Å². The number of likely N-dealkylation sites (N-methyl/N-ethyl adjacent to an activating group) is 1. The molecule has 0 bridgehead atoms. The van der Waals surface area contributed by atoms with Crippen molar-refractivity contribution in [2.75, 3.05) is 31.5 Å². The third-order valence-electron chi connectivity index (χ3n) is 3.57. The highest BCUT2D eigenvalue weighted by Gasteiger charge is 2.23. The molecule has 21 heavy (non-hydrogen) atoms. The Kier molecular flexibility index (Phi) is 5.30. The molecule has 1 aliphatic rings. The minimum atomic E-state index is -0.102. The Hall–Kier alpha value is -1.47. The van der Waals surface area contributed by atoms with Gasteiger partial charge in [0.1, 0.15) is 0 Å². The number of amides is 2. The van der Waals surface area contributed by atoms with Crippen molar-refractivity contribution in [2.24, 2.45) is 0 Å². The highest BCUT2D eigenvalue weighted by atomic mass is 32.1. The van der Waals surface area contributed by atoms with Crippen LogP contribution in [0.5, 0.6) is 0 Å². The van der Waals surface area contributed by atoms with Gasteiger partial charge in [-0.2, -0.15) is 0 Å². The fourth-order valence-corrected chi connectivity index (χ4v) is 3.55. The van der Waals surface area contributed by atoms with Crippen molar-refractivity contribution in [3.8, 4) is 0 Å². The topological polar surface area (TPSA) is 65.5 Å². The van der Waals surface area contributed by atoms with Crippen molar-refractivity contribution >= 4 is 28.3 Å². The van der Waals surface area contributed by atoms with Gasteiger partial charge in [0.25, 0.3) is 0 Å². The SMILES string of the molecule is CCN(CC)C(=O)CN1CCc2nc(NC(C)=O)sc2C1. The lowest BCUT2D eigenvalue weighted by molar-refractivity contribution is -0.132. The summed E-state index contributed by atoms with van der Waals surface area (Å²) in [6, 6.07) is 0. The summed E-state index contributed by atoms with van der Waals surface area (Å²) in [6.07, 6.45) is 0.830. The van der Waals surface area contributed by atoms with Crippen molar-refractivity contribution in [3.63, 3.8) is 0 Å². The van der Waals surface area contributed by atoms with Gasteiger partial charge in [0.2, 0.25) is 11.8 Å². The molecule has 1 N–H and O–H groups in total. The number of fused-ring (bicyclic) bond motifs is 1. The van der Waals surface area contributed by atoms with E-state index in [-0.39, 0.29) is 11.8 Å². The molecule has 2 rings (SSSR count). The van der Waals surface area contributed by atoms with Crippen LogP contribution < -0.4 is 5.32 Å². The maximum Gasteiger partial charge on any atom is 0.236 e. The Morgan fingerprint density at radius 1 is 1.38 bits per heavy atom. The fourth-order valence-electron chi connectivity index (χ4n) is 2.45. The van der Waals surface area contributed by atoms with Gasteiger partial charge in [0.05, 0.1) is 12.2 Å². The summed E-state index contributed by atoms with van der Waals surface area (Å²) < 4.78 is 0. The molecule has 0 radical (unpaired) electrons. The van der Waals surface area contributed by atoms with E-state index >= 15 is 0 Å². The first-order chi connectivity index (χ1) is 10.0. The highest BCUT2D eigenvalue weighted by molar-refractivity contribution is 7.15. The number of rotatable bonds is 5. The summed E-state index contributed by atoms with van der Waals surface area (Å²) in [7, 11) is 0. The Labute approximate surface area is 129 Å². The molecule has 6 nitrogen and oxygen atoms in total. The molecule has 0 unspecified atom stereocenters. The van der Waals surface area contributed by atoms with Gasteiger partial charge in [0, 0.05) is 44.4 Å². The zero-order valence-electron chi connectivity index (χ0n) is 12.8. The first-order valence-corrected chi connectivity index (χ1v) is 8.11. The van der Waals surface area contributed by atoms with Crippen LogP contribution in [0.25, 0.3) is 0 Å². The summed E-state index contributed by atoms with van der Waals surface area (Å²) in [5.41, 5.74) is 1.05. The molecular weight excluding hydrogens is 288 g/mol. The van der Waals surface area contributed by atoms with Crippen molar-refractivity contribution in [1.29, 1.82) is 0 Å². The number of carbonyl (C=O) groups is 2. The van der Waals surface area contributed by atoms with Gasteiger partial charge in [-0.25, -0.2) is 4.98 Å². The smallest absolute Gasteiger partial charge is 0.236 e. The van der Waals surface area contributed by atoms with Crippen LogP contribution in [0.4, 0.5) is 5.13 Å². The molecule has 1 aromatic rings. The predicted molar refractivity (Wildman–Crippen MR) is 83.3 cm³/mol. The second-order valence-electron chi connectivity index (χ2n) is 5.10. The summed E-state index contributed by atoms with van der Waals surface area (Å²) in [4.78, 5) is 32.8. The third-order valence-corrected chi connectivity index (χ3v) is 4.57. The van der Waals surface area contributed by atoms with Crippen LogP contribution >= 0.6 is 11.3 Å². The minimum absolute atomic E-state index is 0.102. The average Bonchev–Trinajstić information content (AvgIpc) is 2.80. The van der Waals surface area contributed by atoms with E-state index in [0.29, 0.717) is 11.7 Å². The van der Waals surface area contributed by atoms with E-state index in [1.807, 2.05) is 18.7 Å². The number of hydrogen-bond donors (Lipinski definition) is 1. The zero-order valence-corrected chi connectivity index (χ0v) is 13.6. The standard InChI is InChI=1S/C14H22N4O2S/c1-4-18(5-2)13(20)9-17-7-6-11-12(8-17)21-14(16-11)15-10(3)19/h4-9H2,1-3H3,(H,15,16,19). The lowest BCUT2D eigenvalue weighted by Gasteiger charge is -2.28. The van der Waals surface area contributed by atoms with Gasteiger partial charge in [-0.3, -0.25) is 14.5 Å². The summed E-state index contributed by atoms with van der Waals surface area (Å²) >= 11 is 1.50. The van der Waals surface area contributed by atoms with E-state index in [2.05, 4.69) is 15.2 Å². The number of nitrogens with zero attached hydrogens (tertiary/aromatic N) is 3. The van der Waals surface area contributed by atoms with Crippen LogP contribution in [0.3, 0.4) is 0 Å². The lowest BCUT2D eigenvalue weighted by Crippen LogP contribution is -2.41. The molecule has 0 saturated heterocycles. The molecule has 1 aliphatic heterocycles. The number of hydrogen-bond acceptors (Lipinski definition) is 5. The number of carbonyl (C=O) groups excluding carboxylic acids is 2. The number of aromatic nitrogens is 1. The van der Waals surface area contributed by atoms with E-state index < -0.39 is 0 Å². The second kappa shape index (κ2) is 7.00. The summed E-state index contributed by atoms with van der Waals surface area (Å²) in [6.45, 7) is 9.01. The van der Waals surface area contributed by atoms with E-state index in [1.54, 1.807) is 0 Å². The Morgan fingerprint density at radius 3 is 2.71 bits per heavy atom.